The Balaban J connectivity index is 2.20. The molecule has 0 aliphatic carbocycles. The summed E-state index contributed by atoms with van der Waals surface area (Å²) >= 11 is 1.19. The molecule has 17 heavy (non-hydrogen) atoms. The summed E-state index contributed by atoms with van der Waals surface area (Å²) in [5.41, 5.74) is -3.99. The monoisotopic (exact) mass is 285 g/mol. The molecule has 2 N–H and O–H groups in total. The fourth-order valence-corrected chi connectivity index (χ4v) is 2.34. The Morgan fingerprint density at radius 2 is 2.24 bits per heavy atom. The minimum Gasteiger partial charge on any atom is -0.478 e. The van der Waals surface area contributed by atoms with Gasteiger partial charge in [-0.15, -0.1) is 11.3 Å². The summed E-state index contributed by atoms with van der Waals surface area (Å²) in [7, 11) is 0. The average Bonchev–Trinajstić information content (AvgIpc) is 2.64. The molecule has 3 nitrogen and oxygen atoms in total. The number of thiophene rings is 1. The summed E-state index contributed by atoms with van der Waals surface area (Å²) < 4.78 is 35.3. The molecule has 0 saturated carbocycles. The van der Waals surface area contributed by atoms with Crippen molar-refractivity contribution in [2.24, 2.45) is 0 Å². The van der Waals surface area contributed by atoms with Crippen molar-refractivity contribution in [3.8, 4) is 0 Å². The molecule has 0 bridgehead atoms. The Kier molecular flexibility index (Phi) is 5.29. The number of carbonyl (C=O) groups is 1. The lowest BCUT2D eigenvalue weighted by molar-refractivity contribution is -0.0327. The summed E-state index contributed by atoms with van der Waals surface area (Å²) in [6.45, 7) is 0.612. The van der Waals surface area contributed by atoms with E-state index >= 15 is 0 Å². The fourth-order valence-electron chi connectivity index (χ4n) is 1.04. The maximum absolute atomic E-state index is 11.8. The molecular formula is C9H10F3NO2S2. The molecule has 0 saturated heterocycles. The number of thioether (sulfide) groups is 1. The van der Waals surface area contributed by atoms with Gasteiger partial charge in [-0.1, -0.05) is 0 Å². The average molecular weight is 285 g/mol. The number of alkyl halides is 3. The fraction of sp³-hybridized carbons (Fsp3) is 0.444. The van der Waals surface area contributed by atoms with Gasteiger partial charge in [0.25, 0.3) is 0 Å². The zero-order valence-electron chi connectivity index (χ0n) is 8.58. The van der Waals surface area contributed by atoms with Gasteiger partial charge in [0.2, 0.25) is 0 Å². The lowest BCUT2D eigenvalue weighted by atomic mass is 10.3. The van der Waals surface area contributed by atoms with Gasteiger partial charge in [-0.25, -0.2) is 4.79 Å². The van der Waals surface area contributed by atoms with Crippen molar-refractivity contribution in [1.82, 2.24) is 5.32 Å². The Hall–Kier alpha value is -0.730. The SMILES string of the molecule is O=C(O)c1csc(CNCCSC(F)(F)F)c1. The number of carboxylic acid groups (broad SMARTS) is 1. The molecule has 1 aromatic rings. The maximum Gasteiger partial charge on any atom is 0.441 e. The Morgan fingerprint density at radius 3 is 2.76 bits per heavy atom. The first-order chi connectivity index (χ1) is 7.88. The quantitative estimate of drug-likeness (QED) is 0.789. The van der Waals surface area contributed by atoms with Crippen LogP contribution in [0.4, 0.5) is 13.2 Å². The van der Waals surface area contributed by atoms with Crippen molar-refractivity contribution in [1.29, 1.82) is 0 Å². The lowest BCUT2D eigenvalue weighted by Gasteiger charge is -2.05. The topological polar surface area (TPSA) is 49.3 Å². The van der Waals surface area contributed by atoms with Crippen LogP contribution < -0.4 is 5.32 Å². The highest BCUT2D eigenvalue weighted by atomic mass is 32.2. The van der Waals surface area contributed by atoms with Crippen LogP contribution in [0.2, 0.25) is 0 Å². The van der Waals surface area contributed by atoms with Crippen LogP contribution in [0.1, 0.15) is 15.2 Å². The molecule has 0 aliphatic rings. The van der Waals surface area contributed by atoms with Gasteiger partial charge in [-0.05, 0) is 17.8 Å². The molecule has 1 rings (SSSR count). The van der Waals surface area contributed by atoms with E-state index in [0.717, 1.165) is 4.88 Å². The van der Waals surface area contributed by atoms with Crippen LogP contribution >= 0.6 is 23.1 Å². The second-order valence-electron chi connectivity index (χ2n) is 3.08. The number of halogens is 3. The van der Waals surface area contributed by atoms with Crippen LogP contribution in [0.5, 0.6) is 0 Å². The number of hydrogen-bond donors (Lipinski definition) is 2. The predicted molar refractivity (Wildman–Crippen MR) is 61.5 cm³/mol. The summed E-state index contributed by atoms with van der Waals surface area (Å²) in [5, 5.41) is 13.0. The number of aromatic carboxylic acids is 1. The van der Waals surface area contributed by atoms with E-state index in [0.29, 0.717) is 6.54 Å². The number of hydrogen-bond acceptors (Lipinski definition) is 4. The molecule has 0 aromatic carbocycles. The molecule has 0 aliphatic heterocycles. The van der Waals surface area contributed by atoms with Crippen molar-refractivity contribution in [3.63, 3.8) is 0 Å². The van der Waals surface area contributed by atoms with E-state index in [1.165, 1.54) is 22.8 Å². The Labute approximate surface area is 104 Å². The molecule has 1 heterocycles. The molecule has 0 spiro atoms. The first-order valence-electron chi connectivity index (χ1n) is 4.60. The van der Waals surface area contributed by atoms with Gasteiger partial charge < -0.3 is 10.4 Å². The van der Waals surface area contributed by atoms with E-state index in [1.807, 2.05) is 0 Å². The third-order valence-corrected chi connectivity index (χ3v) is 3.42. The predicted octanol–water partition coefficient (Wildman–Crippen LogP) is 2.79. The van der Waals surface area contributed by atoms with Gasteiger partial charge in [0.15, 0.2) is 0 Å². The highest BCUT2D eigenvalue weighted by Gasteiger charge is 2.27. The second kappa shape index (κ2) is 6.27. The van der Waals surface area contributed by atoms with Gasteiger partial charge in [0.05, 0.1) is 5.56 Å². The van der Waals surface area contributed by atoms with E-state index in [9.17, 15) is 18.0 Å². The summed E-state index contributed by atoms with van der Waals surface area (Å²) in [4.78, 5) is 11.3. The zero-order valence-corrected chi connectivity index (χ0v) is 10.2. The minimum absolute atomic E-state index is 0.0549. The van der Waals surface area contributed by atoms with E-state index in [-0.39, 0.29) is 29.6 Å². The zero-order chi connectivity index (χ0) is 12.9. The Morgan fingerprint density at radius 1 is 1.53 bits per heavy atom. The molecule has 0 radical (unpaired) electrons. The van der Waals surface area contributed by atoms with Crippen molar-refractivity contribution >= 4 is 29.1 Å². The van der Waals surface area contributed by atoms with Crippen LogP contribution in [0, 0.1) is 0 Å². The maximum atomic E-state index is 11.8. The molecular weight excluding hydrogens is 275 g/mol. The third-order valence-electron chi connectivity index (χ3n) is 1.74. The van der Waals surface area contributed by atoms with E-state index in [4.69, 9.17) is 5.11 Å². The van der Waals surface area contributed by atoms with E-state index in [2.05, 4.69) is 5.32 Å². The highest BCUT2D eigenvalue weighted by molar-refractivity contribution is 8.00. The van der Waals surface area contributed by atoms with Crippen LogP contribution in [0.25, 0.3) is 0 Å². The van der Waals surface area contributed by atoms with Gasteiger partial charge in [-0.3, -0.25) is 0 Å². The number of nitrogens with one attached hydrogen (secondary N) is 1. The first kappa shape index (κ1) is 14.3. The van der Waals surface area contributed by atoms with Crippen LogP contribution in [-0.2, 0) is 6.54 Å². The second-order valence-corrected chi connectivity index (χ2v) is 5.23. The van der Waals surface area contributed by atoms with Gasteiger partial charge in [-0.2, -0.15) is 13.2 Å². The molecule has 0 unspecified atom stereocenters. The highest BCUT2D eigenvalue weighted by Crippen LogP contribution is 2.29. The van der Waals surface area contributed by atoms with Crippen molar-refractivity contribution in [3.05, 3.63) is 21.9 Å². The summed E-state index contributed by atoms with van der Waals surface area (Å²) in [6.07, 6.45) is 0. The molecule has 0 fully saturated rings. The standard InChI is InChI=1S/C9H10F3NO2S2/c10-9(11,12)17-2-1-13-4-7-3-6(5-16-7)8(14)15/h3,5,13H,1-2,4H2,(H,14,15). The molecule has 96 valence electrons. The third kappa shape index (κ3) is 5.94. The van der Waals surface area contributed by atoms with Crippen molar-refractivity contribution in [2.45, 2.75) is 12.1 Å². The molecule has 0 atom stereocenters. The van der Waals surface area contributed by atoms with Crippen molar-refractivity contribution < 1.29 is 23.1 Å². The largest absolute Gasteiger partial charge is 0.478 e. The van der Waals surface area contributed by atoms with Gasteiger partial charge in [0.1, 0.15) is 0 Å². The number of rotatable bonds is 6. The van der Waals surface area contributed by atoms with Gasteiger partial charge >= 0.3 is 11.5 Å². The minimum atomic E-state index is -4.19. The normalized spacial score (nSPS) is 11.7. The van der Waals surface area contributed by atoms with E-state index in [1.54, 1.807) is 0 Å². The van der Waals surface area contributed by atoms with Crippen LogP contribution in [-0.4, -0.2) is 28.9 Å². The van der Waals surface area contributed by atoms with Crippen LogP contribution in [0.3, 0.4) is 0 Å². The van der Waals surface area contributed by atoms with Crippen molar-refractivity contribution in [2.75, 3.05) is 12.3 Å². The van der Waals surface area contributed by atoms with Crippen LogP contribution in [0.15, 0.2) is 11.4 Å². The Bertz CT molecular complexity index is 379. The molecule has 1 aromatic heterocycles. The molecule has 0 amide bonds. The number of carboxylic acids is 1. The summed E-state index contributed by atoms with van der Waals surface area (Å²) in [6, 6.07) is 1.51. The lowest BCUT2D eigenvalue weighted by Crippen LogP contribution is -2.17. The first-order valence-corrected chi connectivity index (χ1v) is 6.47. The van der Waals surface area contributed by atoms with Gasteiger partial charge in [0, 0.05) is 29.1 Å². The molecule has 8 heteroatoms. The summed E-state index contributed by atoms with van der Waals surface area (Å²) in [5.74, 6) is -1.05. The smallest absolute Gasteiger partial charge is 0.441 e. The van der Waals surface area contributed by atoms with E-state index < -0.39 is 11.5 Å².